The van der Waals surface area contributed by atoms with Crippen molar-refractivity contribution < 1.29 is 19.4 Å². The van der Waals surface area contributed by atoms with Crippen molar-refractivity contribution in [3.8, 4) is 0 Å². The maximum Gasteiger partial charge on any atom is 0.289 e. The quantitative estimate of drug-likeness (QED) is 0.659. The molecule has 0 spiro atoms. The molecule has 1 amide bonds. The second-order valence-corrected chi connectivity index (χ2v) is 6.65. The standard InChI is InChI=1S/C21H21N3O4/c25-13-16-7-8-17(28-16)19-18(15-5-2-1-3-6-15)20(26)21(27)24(19)11-4-10-23-12-9-22-14-23/h1-3,5-9,12,14,19,25-26H,4,10-11,13H2. The van der Waals surface area contributed by atoms with E-state index < -0.39 is 11.9 Å². The van der Waals surface area contributed by atoms with Crippen molar-refractivity contribution in [2.24, 2.45) is 0 Å². The first-order valence-corrected chi connectivity index (χ1v) is 9.13. The Balaban J connectivity index is 1.65. The summed E-state index contributed by atoms with van der Waals surface area (Å²) in [4.78, 5) is 18.5. The minimum Gasteiger partial charge on any atom is -0.503 e. The predicted octanol–water partition coefficient (Wildman–Crippen LogP) is 2.91. The van der Waals surface area contributed by atoms with E-state index >= 15 is 0 Å². The third kappa shape index (κ3) is 3.32. The second-order valence-electron chi connectivity index (χ2n) is 6.65. The van der Waals surface area contributed by atoms with Crippen LogP contribution in [0.25, 0.3) is 5.57 Å². The maximum atomic E-state index is 12.8. The number of hydrogen-bond donors (Lipinski definition) is 2. The van der Waals surface area contributed by atoms with Gasteiger partial charge in [0.15, 0.2) is 5.76 Å². The molecular weight excluding hydrogens is 358 g/mol. The number of hydrogen-bond acceptors (Lipinski definition) is 5. The van der Waals surface area contributed by atoms with Gasteiger partial charge >= 0.3 is 0 Å². The summed E-state index contributed by atoms with van der Waals surface area (Å²) in [7, 11) is 0. The Hall–Kier alpha value is -3.32. The Morgan fingerprint density at radius 1 is 1.11 bits per heavy atom. The van der Waals surface area contributed by atoms with Crippen LogP contribution in [0.4, 0.5) is 0 Å². The van der Waals surface area contributed by atoms with Gasteiger partial charge in [0.05, 0.1) is 6.33 Å². The fourth-order valence-corrected chi connectivity index (χ4v) is 3.56. The molecule has 0 aliphatic carbocycles. The molecule has 4 rings (SSSR count). The third-order valence-corrected chi connectivity index (χ3v) is 4.87. The zero-order valence-corrected chi connectivity index (χ0v) is 15.2. The molecule has 0 fully saturated rings. The Kier molecular flexibility index (Phi) is 4.99. The molecule has 1 aliphatic heterocycles. The van der Waals surface area contributed by atoms with Crippen LogP contribution in [0.15, 0.2) is 71.4 Å². The average molecular weight is 379 g/mol. The molecule has 2 aromatic heterocycles. The summed E-state index contributed by atoms with van der Waals surface area (Å²) in [6.07, 6.45) is 6.01. The minimum absolute atomic E-state index is 0.225. The summed E-state index contributed by atoms with van der Waals surface area (Å²) in [5.41, 5.74) is 1.28. The summed E-state index contributed by atoms with van der Waals surface area (Å²) < 4.78 is 7.69. The van der Waals surface area contributed by atoms with Crippen molar-refractivity contribution in [1.82, 2.24) is 14.5 Å². The number of rotatable bonds is 7. The molecule has 7 nitrogen and oxygen atoms in total. The molecule has 0 saturated carbocycles. The van der Waals surface area contributed by atoms with Gasteiger partial charge < -0.3 is 24.1 Å². The van der Waals surface area contributed by atoms with Crippen LogP contribution in [0.1, 0.15) is 29.5 Å². The molecule has 1 aromatic carbocycles. The smallest absolute Gasteiger partial charge is 0.289 e. The first-order chi connectivity index (χ1) is 13.7. The van der Waals surface area contributed by atoms with Crippen molar-refractivity contribution in [1.29, 1.82) is 0 Å². The first kappa shape index (κ1) is 18.1. The van der Waals surface area contributed by atoms with Crippen LogP contribution >= 0.6 is 0 Å². The molecule has 28 heavy (non-hydrogen) atoms. The number of amides is 1. The number of benzene rings is 1. The zero-order chi connectivity index (χ0) is 19.5. The SMILES string of the molecule is O=C1C(O)=C(c2ccccc2)C(c2ccc(CO)o2)N1CCCn1ccnc1. The first-order valence-electron chi connectivity index (χ1n) is 9.13. The van der Waals surface area contributed by atoms with Crippen molar-refractivity contribution in [3.63, 3.8) is 0 Å². The number of carbonyl (C=O) groups excluding carboxylic acids is 1. The number of aliphatic hydroxyl groups excluding tert-OH is 2. The van der Waals surface area contributed by atoms with E-state index in [-0.39, 0.29) is 12.4 Å². The van der Waals surface area contributed by atoms with Crippen LogP contribution in [0, 0.1) is 0 Å². The molecule has 1 unspecified atom stereocenters. The van der Waals surface area contributed by atoms with Gasteiger partial charge in [-0.3, -0.25) is 4.79 Å². The highest BCUT2D eigenvalue weighted by molar-refractivity contribution is 6.05. The third-order valence-electron chi connectivity index (χ3n) is 4.87. The molecule has 7 heteroatoms. The van der Waals surface area contributed by atoms with Gasteiger partial charge in [-0.2, -0.15) is 0 Å². The van der Waals surface area contributed by atoms with E-state index in [9.17, 15) is 15.0 Å². The average Bonchev–Trinajstić information content (AvgIpc) is 3.45. The summed E-state index contributed by atoms with van der Waals surface area (Å²) >= 11 is 0. The zero-order valence-electron chi connectivity index (χ0n) is 15.2. The predicted molar refractivity (Wildman–Crippen MR) is 102 cm³/mol. The van der Waals surface area contributed by atoms with Gasteiger partial charge in [0.2, 0.25) is 0 Å². The van der Waals surface area contributed by atoms with Crippen LogP contribution < -0.4 is 0 Å². The van der Waals surface area contributed by atoms with Crippen molar-refractivity contribution >= 4 is 11.5 Å². The van der Waals surface area contributed by atoms with E-state index in [1.165, 1.54) is 0 Å². The monoisotopic (exact) mass is 379 g/mol. The fraction of sp³-hybridized carbons (Fsp3) is 0.238. The van der Waals surface area contributed by atoms with Crippen LogP contribution in [-0.4, -0.2) is 37.1 Å². The van der Waals surface area contributed by atoms with Gasteiger partial charge in [-0.1, -0.05) is 30.3 Å². The summed E-state index contributed by atoms with van der Waals surface area (Å²) in [6.45, 7) is 0.923. The lowest BCUT2D eigenvalue weighted by Crippen LogP contribution is -2.31. The number of nitrogens with zero attached hydrogens (tertiary/aromatic N) is 3. The number of carbonyl (C=O) groups is 1. The normalized spacial score (nSPS) is 17.0. The Morgan fingerprint density at radius 3 is 2.61 bits per heavy atom. The molecule has 3 aromatic rings. The summed E-state index contributed by atoms with van der Waals surface area (Å²) in [5.74, 6) is 0.250. The van der Waals surface area contributed by atoms with Crippen molar-refractivity contribution in [2.45, 2.75) is 25.6 Å². The van der Waals surface area contributed by atoms with Gasteiger partial charge in [0.1, 0.15) is 24.2 Å². The number of imidazole rings is 1. The van der Waals surface area contributed by atoms with Gasteiger partial charge in [-0.05, 0) is 24.1 Å². The molecule has 0 radical (unpaired) electrons. The van der Waals surface area contributed by atoms with E-state index in [4.69, 9.17) is 4.42 Å². The highest BCUT2D eigenvalue weighted by Gasteiger charge is 2.42. The number of aryl methyl sites for hydroxylation is 1. The van der Waals surface area contributed by atoms with E-state index in [0.717, 1.165) is 5.56 Å². The molecule has 144 valence electrons. The molecule has 0 bridgehead atoms. The van der Waals surface area contributed by atoms with Crippen LogP contribution in [0.3, 0.4) is 0 Å². The molecule has 1 aliphatic rings. The van der Waals surface area contributed by atoms with Crippen molar-refractivity contribution in [3.05, 3.63) is 84.0 Å². The minimum atomic E-state index is -0.544. The van der Waals surface area contributed by atoms with Gasteiger partial charge in [-0.15, -0.1) is 0 Å². The topological polar surface area (TPSA) is 91.7 Å². The fourth-order valence-electron chi connectivity index (χ4n) is 3.56. The largest absolute Gasteiger partial charge is 0.503 e. The number of furan rings is 1. The molecule has 3 heterocycles. The Bertz CT molecular complexity index is 976. The maximum absolute atomic E-state index is 12.8. The highest BCUT2D eigenvalue weighted by atomic mass is 16.4. The molecular formula is C21H21N3O4. The summed E-state index contributed by atoms with van der Waals surface area (Å²) in [5, 5.41) is 20.0. The molecule has 0 saturated heterocycles. The Labute approximate surface area is 162 Å². The Morgan fingerprint density at radius 2 is 1.93 bits per heavy atom. The highest BCUT2D eigenvalue weighted by Crippen LogP contribution is 2.43. The second kappa shape index (κ2) is 7.74. The van der Waals surface area contributed by atoms with Crippen LogP contribution in [-0.2, 0) is 17.9 Å². The van der Waals surface area contributed by atoms with E-state index in [2.05, 4.69) is 4.98 Å². The van der Waals surface area contributed by atoms with Crippen LogP contribution in [0.2, 0.25) is 0 Å². The van der Waals surface area contributed by atoms with E-state index in [1.54, 1.807) is 29.6 Å². The lowest BCUT2D eigenvalue weighted by molar-refractivity contribution is -0.129. The molecule has 1 atom stereocenters. The van der Waals surface area contributed by atoms with Gasteiger partial charge in [-0.25, -0.2) is 4.98 Å². The van der Waals surface area contributed by atoms with E-state index in [1.807, 2.05) is 41.1 Å². The van der Waals surface area contributed by atoms with Gasteiger partial charge in [0.25, 0.3) is 5.91 Å². The number of aliphatic hydroxyl groups is 2. The number of aromatic nitrogens is 2. The van der Waals surface area contributed by atoms with Crippen molar-refractivity contribution in [2.75, 3.05) is 6.54 Å². The lowest BCUT2D eigenvalue weighted by Gasteiger charge is -2.25. The van der Waals surface area contributed by atoms with E-state index in [0.29, 0.717) is 36.6 Å². The van der Waals surface area contributed by atoms with Gasteiger partial charge in [0, 0.05) is 31.1 Å². The van der Waals surface area contributed by atoms with Crippen LogP contribution in [0.5, 0.6) is 0 Å². The molecule has 2 N–H and O–H groups in total. The lowest BCUT2D eigenvalue weighted by atomic mass is 9.97. The summed E-state index contributed by atoms with van der Waals surface area (Å²) in [6, 6.07) is 12.2.